The predicted molar refractivity (Wildman–Crippen MR) is 111 cm³/mol. The van der Waals surface area contributed by atoms with Gasteiger partial charge in [0.1, 0.15) is 18.1 Å². The number of hydrogen-bond donors (Lipinski definition) is 2. The molecule has 9 nitrogen and oxygen atoms in total. The van der Waals surface area contributed by atoms with Gasteiger partial charge < -0.3 is 10.2 Å². The summed E-state index contributed by atoms with van der Waals surface area (Å²) in [6, 6.07) is 5.43. The smallest absolute Gasteiger partial charge is 0.321 e. The second-order valence-corrected chi connectivity index (χ2v) is 7.00. The van der Waals surface area contributed by atoms with Crippen molar-refractivity contribution in [3.63, 3.8) is 0 Å². The third-order valence-electron chi connectivity index (χ3n) is 4.32. The highest BCUT2D eigenvalue weighted by molar-refractivity contribution is 9.10. The summed E-state index contributed by atoms with van der Waals surface area (Å²) in [5.41, 5.74) is 4.48. The van der Waals surface area contributed by atoms with Crippen molar-refractivity contribution in [1.82, 2.24) is 24.7 Å². The summed E-state index contributed by atoms with van der Waals surface area (Å²) < 4.78 is 7.74. The summed E-state index contributed by atoms with van der Waals surface area (Å²) in [7, 11) is 0. The van der Waals surface area contributed by atoms with Crippen molar-refractivity contribution in [3.8, 4) is 5.82 Å². The maximum absolute atomic E-state index is 13.1. The average molecular weight is 460 g/mol. The van der Waals surface area contributed by atoms with Crippen LogP contribution in [0.3, 0.4) is 0 Å². The van der Waals surface area contributed by atoms with Gasteiger partial charge in [-0.25, -0.2) is 25.5 Å². The summed E-state index contributed by atoms with van der Waals surface area (Å²) in [5.74, 6) is 5.45. The Morgan fingerprint density at radius 1 is 1.28 bits per heavy atom. The largest absolute Gasteiger partial charge is 0.465 e. The van der Waals surface area contributed by atoms with Crippen molar-refractivity contribution in [2.75, 3.05) is 12.0 Å². The molecule has 0 saturated heterocycles. The lowest BCUT2D eigenvalue weighted by molar-refractivity contribution is -0.144. The fourth-order valence-corrected chi connectivity index (χ4v) is 3.56. The maximum Gasteiger partial charge on any atom is 0.321 e. The number of pyridine rings is 1. The molecule has 3 aromatic heterocycles. The third-order valence-corrected chi connectivity index (χ3v) is 4.94. The van der Waals surface area contributed by atoms with E-state index >= 15 is 0 Å². The van der Waals surface area contributed by atoms with Gasteiger partial charge in [-0.05, 0) is 47.5 Å². The number of nitrogen functional groups attached to an aromatic ring is 1. The molecule has 1 unspecified atom stereocenters. The lowest BCUT2D eigenvalue weighted by Gasteiger charge is -2.20. The zero-order valence-electron chi connectivity index (χ0n) is 16.2. The van der Waals surface area contributed by atoms with Crippen LogP contribution in [0, 0.1) is 0 Å². The van der Waals surface area contributed by atoms with Crippen LogP contribution >= 0.6 is 15.9 Å². The molecule has 0 aliphatic carbocycles. The minimum Gasteiger partial charge on any atom is -0.465 e. The number of nitrogens with one attached hydrogen (secondary N) is 1. The standard InChI is InChI=1S/C19H22BrN7O2/c1-3-6-12-16(23-11-24-17(12)26-21)15(19(28)29-4-2)14-8-10-25-27(14)18-13(20)7-5-9-22-18/h5,7-11,15H,3-4,6,21H2,1-2H3,(H,23,24,26). The zero-order chi connectivity index (χ0) is 20.8. The lowest BCUT2D eigenvalue weighted by Crippen LogP contribution is -2.24. The van der Waals surface area contributed by atoms with Crippen molar-refractivity contribution >= 4 is 27.7 Å². The van der Waals surface area contributed by atoms with Gasteiger partial charge in [-0.2, -0.15) is 5.10 Å². The third kappa shape index (κ3) is 4.28. The molecule has 3 rings (SSSR count). The average Bonchev–Trinajstić information content (AvgIpc) is 3.19. The van der Waals surface area contributed by atoms with E-state index in [2.05, 4.69) is 41.4 Å². The van der Waals surface area contributed by atoms with Gasteiger partial charge in [-0.3, -0.25) is 4.79 Å². The molecule has 3 heterocycles. The molecular weight excluding hydrogens is 438 g/mol. The first-order valence-electron chi connectivity index (χ1n) is 9.24. The summed E-state index contributed by atoms with van der Waals surface area (Å²) >= 11 is 3.50. The van der Waals surface area contributed by atoms with E-state index in [4.69, 9.17) is 10.6 Å². The number of nitrogens with two attached hydrogens (primary N) is 1. The Kier molecular flexibility index (Phi) is 6.89. The number of hydrogen-bond acceptors (Lipinski definition) is 8. The molecule has 0 saturated carbocycles. The number of aromatic nitrogens is 5. The normalized spacial score (nSPS) is 11.9. The number of rotatable bonds is 8. The van der Waals surface area contributed by atoms with E-state index in [1.807, 2.05) is 19.1 Å². The number of anilines is 1. The first-order valence-corrected chi connectivity index (χ1v) is 10.0. The van der Waals surface area contributed by atoms with E-state index in [9.17, 15) is 4.79 Å². The van der Waals surface area contributed by atoms with Gasteiger partial charge in [0.15, 0.2) is 5.82 Å². The molecule has 0 aliphatic rings. The zero-order valence-corrected chi connectivity index (χ0v) is 17.8. The highest BCUT2D eigenvalue weighted by Gasteiger charge is 2.33. The molecule has 0 aromatic carbocycles. The Bertz CT molecular complexity index is 992. The van der Waals surface area contributed by atoms with Crippen molar-refractivity contribution in [2.24, 2.45) is 5.84 Å². The summed E-state index contributed by atoms with van der Waals surface area (Å²) in [5, 5.41) is 4.39. The molecule has 152 valence electrons. The predicted octanol–water partition coefficient (Wildman–Crippen LogP) is 2.75. The fourth-order valence-electron chi connectivity index (χ4n) is 3.14. The van der Waals surface area contributed by atoms with Crippen LogP contribution in [0.25, 0.3) is 5.82 Å². The van der Waals surface area contributed by atoms with E-state index in [-0.39, 0.29) is 6.61 Å². The van der Waals surface area contributed by atoms with Crippen molar-refractivity contribution in [1.29, 1.82) is 0 Å². The second kappa shape index (κ2) is 9.57. The van der Waals surface area contributed by atoms with Gasteiger partial charge in [0, 0.05) is 18.0 Å². The highest BCUT2D eigenvalue weighted by Crippen LogP contribution is 2.32. The number of halogens is 1. The van der Waals surface area contributed by atoms with E-state index < -0.39 is 11.9 Å². The van der Waals surface area contributed by atoms with Gasteiger partial charge in [-0.15, -0.1) is 0 Å². The Labute approximate surface area is 176 Å². The molecule has 0 spiro atoms. The minimum absolute atomic E-state index is 0.243. The molecule has 3 N–H and O–H groups in total. The van der Waals surface area contributed by atoms with Gasteiger partial charge in [-0.1, -0.05) is 13.3 Å². The van der Waals surface area contributed by atoms with Gasteiger partial charge >= 0.3 is 5.97 Å². The minimum atomic E-state index is -0.817. The number of ether oxygens (including phenoxy) is 1. The van der Waals surface area contributed by atoms with E-state index in [1.54, 1.807) is 30.1 Å². The number of nitrogens with zero attached hydrogens (tertiary/aromatic N) is 5. The molecule has 0 bridgehead atoms. The summed E-state index contributed by atoms with van der Waals surface area (Å²) in [6.45, 7) is 4.04. The molecule has 29 heavy (non-hydrogen) atoms. The summed E-state index contributed by atoms with van der Waals surface area (Å²) in [4.78, 5) is 26.1. The number of hydrazine groups is 1. The van der Waals surface area contributed by atoms with Crippen molar-refractivity contribution in [3.05, 3.63) is 58.3 Å². The Balaban J connectivity index is 2.22. The van der Waals surface area contributed by atoms with Gasteiger partial charge in [0.2, 0.25) is 0 Å². The van der Waals surface area contributed by atoms with Crippen LogP contribution in [0.4, 0.5) is 5.82 Å². The topological polar surface area (TPSA) is 121 Å². The number of carbonyl (C=O) groups excluding carboxylic acids is 1. The van der Waals surface area contributed by atoms with Crippen molar-refractivity contribution in [2.45, 2.75) is 32.6 Å². The Morgan fingerprint density at radius 3 is 2.79 bits per heavy atom. The highest BCUT2D eigenvalue weighted by atomic mass is 79.9. The molecule has 1 atom stereocenters. The quantitative estimate of drug-likeness (QED) is 0.299. The van der Waals surface area contributed by atoms with Crippen LogP contribution in [-0.4, -0.2) is 37.3 Å². The Hall–Kier alpha value is -2.85. The molecule has 0 aliphatic heterocycles. The maximum atomic E-state index is 13.1. The van der Waals surface area contributed by atoms with Crippen LogP contribution < -0.4 is 11.3 Å². The molecule has 0 amide bonds. The monoisotopic (exact) mass is 459 g/mol. The van der Waals surface area contributed by atoms with E-state index in [0.717, 1.165) is 16.5 Å². The van der Waals surface area contributed by atoms with E-state index in [0.29, 0.717) is 29.4 Å². The van der Waals surface area contributed by atoms with Gasteiger partial charge in [0.05, 0.1) is 22.5 Å². The van der Waals surface area contributed by atoms with Gasteiger partial charge in [0.25, 0.3) is 0 Å². The number of carbonyl (C=O) groups is 1. The first kappa shape index (κ1) is 20.9. The Morgan fingerprint density at radius 2 is 2.10 bits per heavy atom. The molecular formula is C19H22BrN7O2. The fraction of sp³-hybridized carbons (Fsp3) is 0.316. The van der Waals surface area contributed by atoms with Crippen molar-refractivity contribution < 1.29 is 9.53 Å². The molecule has 0 fully saturated rings. The van der Waals surface area contributed by atoms with Crippen LogP contribution in [0.5, 0.6) is 0 Å². The SMILES string of the molecule is CCCc1c(NN)ncnc1C(C(=O)OCC)c1ccnn1-c1ncccc1Br. The van der Waals surface area contributed by atoms with Crippen LogP contribution in [0.2, 0.25) is 0 Å². The molecule has 10 heteroatoms. The number of esters is 1. The van der Waals surface area contributed by atoms with Crippen LogP contribution in [-0.2, 0) is 16.0 Å². The first-order chi connectivity index (χ1) is 14.1. The van der Waals surface area contributed by atoms with Crippen LogP contribution in [0.15, 0.2) is 41.4 Å². The summed E-state index contributed by atoms with van der Waals surface area (Å²) in [6.07, 6.45) is 6.13. The lowest BCUT2D eigenvalue weighted by atomic mass is 9.94. The molecule has 3 aromatic rings. The van der Waals surface area contributed by atoms with E-state index in [1.165, 1.54) is 6.33 Å². The van der Waals surface area contributed by atoms with Crippen LogP contribution in [0.1, 0.15) is 43.1 Å². The second-order valence-electron chi connectivity index (χ2n) is 6.14. The molecule has 0 radical (unpaired) electrons.